The average molecular weight is 182 g/mol. The summed E-state index contributed by atoms with van der Waals surface area (Å²) in [5.74, 6) is 0.665. The third-order valence-electron chi connectivity index (χ3n) is 2.01. The Balaban J connectivity index is 2.47. The summed E-state index contributed by atoms with van der Waals surface area (Å²) >= 11 is 1.81. The molecule has 0 aliphatic carbocycles. The fourth-order valence-electron chi connectivity index (χ4n) is 1.20. The van der Waals surface area contributed by atoms with Crippen LogP contribution < -0.4 is 0 Å². The van der Waals surface area contributed by atoms with E-state index in [1.54, 1.807) is 0 Å². The van der Waals surface area contributed by atoms with E-state index in [1.807, 2.05) is 17.5 Å². The summed E-state index contributed by atoms with van der Waals surface area (Å²) in [5.41, 5.74) is 0. The van der Waals surface area contributed by atoms with Gasteiger partial charge >= 0.3 is 0 Å². The van der Waals surface area contributed by atoms with Gasteiger partial charge in [0, 0.05) is 11.1 Å². The van der Waals surface area contributed by atoms with Crippen molar-refractivity contribution in [3.63, 3.8) is 0 Å². The molecule has 0 aliphatic rings. The van der Waals surface area contributed by atoms with E-state index in [0.717, 1.165) is 6.42 Å². The molecule has 0 saturated heterocycles. The Labute approximate surface area is 78.8 Å². The number of nitrogens with zero attached hydrogens (tertiary/aromatic N) is 1. The van der Waals surface area contributed by atoms with Crippen molar-refractivity contribution in [2.45, 2.75) is 39.0 Å². The lowest BCUT2D eigenvalue weighted by molar-refractivity contribution is 0.647. The molecule has 1 rings (SSSR count). The normalized spacial score (nSPS) is 13.2. The Bertz CT molecular complexity index is 229. The van der Waals surface area contributed by atoms with E-state index in [0.29, 0.717) is 5.92 Å². The van der Waals surface area contributed by atoms with Gasteiger partial charge in [0.05, 0.1) is 5.01 Å². The lowest BCUT2D eigenvalue weighted by Gasteiger charge is -2.06. The molecule has 12 heavy (non-hydrogen) atoms. The number of unbranched alkanes of at least 4 members (excludes halogenated alkanes) is 1. The lowest BCUT2D eigenvalue weighted by Crippen LogP contribution is -1.89. The van der Waals surface area contributed by atoms with Crippen LogP contribution >= 0.6 is 11.3 Å². The molecule has 0 aliphatic heterocycles. The van der Waals surface area contributed by atoms with Crippen LogP contribution in [0.2, 0.25) is 0 Å². The molecule has 0 bridgehead atoms. The van der Waals surface area contributed by atoms with Gasteiger partial charge in [-0.05, 0) is 19.3 Å². The number of aromatic nitrogens is 1. The van der Waals surface area contributed by atoms with E-state index in [2.05, 4.69) is 25.8 Å². The second-order valence-electron chi connectivity index (χ2n) is 3.18. The van der Waals surface area contributed by atoms with Gasteiger partial charge in [0.1, 0.15) is 0 Å². The molecule has 0 N–H and O–H groups in total. The van der Waals surface area contributed by atoms with Crippen LogP contribution in [0.1, 0.15) is 42.0 Å². The van der Waals surface area contributed by atoms with E-state index < -0.39 is 0 Å². The van der Waals surface area contributed by atoms with Crippen LogP contribution in [0.4, 0.5) is 0 Å². The summed E-state index contributed by atoms with van der Waals surface area (Å²) in [4.78, 5) is 5.67. The average Bonchev–Trinajstić information content (AvgIpc) is 2.47. The van der Waals surface area contributed by atoms with E-state index in [9.17, 15) is 0 Å². The van der Waals surface area contributed by atoms with E-state index in [4.69, 9.17) is 0 Å². The molecule has 1 radical (unpaired) electrons. The zero-order valence-electron chi connectivity index (χ0n) is 7.84. The summed E-state index contributed by atoms with van der Waals surface area (Å²) < 4.78 is 0. The molecule has 0 aromatic carbocycles. The molecule has 67 valence electrons. The third kappa shape index (κ3) is 2.59. The highest BCUT2D eigenvalue weighted by atomic mass is 32.1. The molecular weight excluding hydrogens is 166 g/mol. The molecule has 0 saturated carbocycles. The van der Waals surface area contributed by atoms with Crippen molar-refractivity contribution in [3.8, 4) is 0 Å². The minimum atomic E-state index is 0.665. The fourth-order valence-corrected chi connectivity index (χ4v) is 2.07. The van der Waals surface area contributed by atoms with Crippen LogP contribution in [0.15, 0.2) is 6.20 Å². The number of thiazole rings is 1. The molecule has 0 spiro atoms. The zero-order chi connectivity index (χ0) is 8.97. The van der Waals surface area contributed by atoms with Gasteiger partial charge in [-0.2, -0.15) is 0 Å². The Morgan fingerprint density at radius 1 is 1.67 bits per heavy atom. The second-order valence-corrected chi connectivity index (χ2v) is 4.44. The molecule has 1 nitrogen and oxygen atoms in total. The van der Waals surface area contributed by atoms with Gasteiger partial charge in [0.25, 0.3) is 0 Å². The molecule has 0 amide bonds. The van der Waals surface area contributed by atoms with Gasteiger partial charge in [-0.3, -0.25) is 0 Å². The molecule has 1 atom stereocenters. The summed E-state index contributed by atoms with van der Waals surface area (Å²) in [6, 6.07) is 0. The van der Waals surface area contributed by atoms with Gasteiger partial charge in [-0.1, -0.05) is 26.7 Å². The molecule has 0 fully saturated rings. The molecular formula is C10H16NS. The summed E-state index contributed by atoms with van der Waals surface area (Å²) in [7, 11) is 0. The SMILES string of the molecule is [CH2]CCCC(C)c1cnc(C)s1. The summed E-state index contributed by atoms with van der Waals surface area (Å²) in [6.45, 7) is 8.17. The van der Waals surface area contributed by atoms with Crippen LogP contribution in [0.5, 0.6) is 0 Å². The molecule has 1 unspecified atom stereocenters. The monoisotopic (exact) mass is 182 g/mol. The minimum absolute atomic E-state index is 0.665. The van der Waals surface area contributed by atoms with Crippen molar-refractivity contribution in [1.29, 1.82) is 0 Å². The lowest BCUT2D eigenvalue weighted by atomic mass is 10.0. The van der Waals surface area contributed by atoms with Crippen LogP contribution in [-0.4, -0.2) is 4.98 Å². The predicted octanol–water partition coefficient (Wildman–Crippen LogP) is 3.56. The molecule has 1 aromatic heterocycles. The maximum Gasteiger partial charge on any atom is 0.0896 e. The number of hydrogen-bond donors (Lipinski definition) is 0. The molecule has 1 aromatic rings. The Kier molecular flexibility index (Phi) is 3.73. The van der Waals surface area contributed by atoms with Crippen molar-refractivity contribution < 1.29 is 0 Å². The summed E-state index contributed by atoms with van der Waals surface area (Å²) in [6.07, 6.45) is 5.51. The molecule has 2 heteroatoms. The standard InChI is InChI=1S/C10H16NS/c1-4-5-6-8(2)10-7-11-9(3)12-10/h7-8H,1,4-6H2,2-3H3. The quantitative estimate of drug-likeness (QED) is 0.694. The summed E-state index contributed by atoms with van der Waals surface area (Å²) in [5, 5.41) is 1.17. The Morgan fingerprint density at radius 3 is 2.92 bits per heavy atom. The minimum Gasteiger partial charge on any atom is -0.250 e. The highest BCUT2D eigenvalue weighted by Gasteiger charge is 2.07. The third-order valence-corrected chi connectivity index (χ3v) is 3.16. The van der Waals surface area contributed by atoms with Crippen molar-refractivity contribution in [2.75, 3.05) is 0 Å². The maximum absolute atomic E-state index is 4.25. The first kappa shape index (κ1) is 9.72. The zero-order valence-corrected chi connectivity index (χ0v) is 8.66. The number of rotatable bonds is 4. The Hall–Kier alpha value is -0.370. The largest absolute Gasteiger partial charge is 0.250 e. The smallest absolute Gasteiger partial charge is 0.0896 e. The van der Waals surface area contributed by atoms with Gasteiger partial charge in [0.15, 0.2) is 0 Å². The van der Waals surface area contributed by atoms with Crippen molar-refractivity contribution in [2.24, 2.45) is 0 Å². The topological polar surface area (TPSA) is 12.9 Å². The van der Waals surface area contributed by atoms with Gasteiger partial charge < -0.3 is 0 Å². The molecule has 1 heterocycles. The first-order valence-electron chi connectivity index (χ1n) is 4.45. The predicted molar refractivity (Wildman–Crippen MR) is 54.5 cm³/mol. The first-order chi connectivity index (χ1) is 5.74. The fraction of sp³-hybridized carbons (Fsp3) is 0.600. The first-order valence-corrected chi connectivity index (χ1v) is 5.27. The van der Waals surface area contributed by atoms with Gasteiger partial charge in [-0.15, -0.1) is 11.3 Å². The van der Waals surface area contributed by atoms with E-state index in [-0.39, 0.29) is 0 Å². The van der Waals surface area contributed by atoms with Crippen LogP contribution in [0, 0.1) is 13.8 Å². The highest BCUT2D eigenvalue weighted by molar-refractivity contribution is 7.11. The Morgan fingerprint density at radius 2 is 2.42 bits per heavy atom. The van der Waals surface area contributed by atoms with E-state index in [1.165, 1.54) is 22.7 Å². The van der Waals surface area contributed by atoms with Gasteiger partial charge in [-0.25, -0.2) is 4.98 Å². The second kappa shape index (κ2) is 4.61. The van der Waals surface area contributed by atoms with Crippen molar-refractivity contribution in [3.05, 3.63) is 23.0 Å². The van der Waals surface area contributed by atoms with Crippen LogP contribution in [0.3, 0.4) is 0 Å². The van der Waals surface area contributed by atoms with Crippen molar-refractivity contribution in [1.82, 2.24) is 4.98 Å². The highest BCUT2D eigenvalue weighted by Crippen LogP contribution is 2.25. The van der Waals surface area contributed by atoms with Gasteiger partial charge in [0.2, 0.25) is 0 Å². The number of aryl methyl sites for hydroxylation is 1. The number of hydrogen-bond acceptors (Lipinski definition) is 2. The van der Waals surface area contributed by atoms with E-state index >= 15 is 0 Å². The van der Waals surface area contributed by atoms with Crippen molar-refractivity contribution >= 4 is 11.3 Å². The van der Waals surface area contributed by atoms with Crippen LogP contribution in [0.25, 0.3) is 0 Å². The maximum atomic E-state index is 4.25. The van der Waals surface area contributed by atoms with Crippen LogP contribution in [-0.2, 0) is 0 Å².